The number of hydrogen-bond acceptors (Lipinski definition) is 7. The van der Waals surface area contributed by atoms with Gasteiger partial charge in [0.05, 0.1) is 23.5 Å². The molecule has 1 N–H and O–H groups in total. The molecule has 0 saturated heterocycles. The molecule has 3 aromatic heterocycles. The average molecular weight is 445 g/mol. The Bertz CT molecular complexity index is 1210. The van der Waals surface area contributed by atoms with Gasteiger partial charge in [0.15, 0.2) is 5.65 Å². The highest BCUT2D eigenvalue weighted by Crippen LogP contribution is 2.28. The first-order valence-electron chi connectivity index (χ1n) is 9.56. The Balaban J connectivity index is 0.00000289. The smallest absolute Gasteiger partial charge is 0.318 e. The van der Waals surface area contributed by atoms with Crippen molar-refractivity contribution in [3.8, 4) is 17.3 Å². The highest BCUT2D eigenvalue weighted by atomic mass is 32.2. The summed E-state index contributed by atoms with van der Waals surface area (Å²) in [4.78, 5) is 13.3. The third-order valence-corrected chi connectivity index (χ3v) is 5.15. The lowest BCUT2D eigenvalue weighted by molar-refractivity contribution is 0.317. The summed E-state index contributed by atoms with van der Waals surface area (Å²) >= 11 is 1.65. The SMILES string of the molecule is CSCCOc1nc(N[C@@H](C)c2ccc(F)cc2F)cc(-c2cnn3cccnc23)n1.[HH]. The number of anilines is 1. The summed E-state index contributed by atoms with van der Waals surface area (Å²) in [6.45, 7) is 2.21. The molecule has 0 spiro atoms. The molecule has 4 rings (SSSR count). The molecule has 0 radical (unpaired) electrons. The van der Waals surface area contributed by atoms with E-state index >= 15 is 0 Å². The highest BCUT2D eigenvalue weighted by Gasteiger charge is 2.16. The number of thioether (sulfide) groups is 1. The van der Waals surface area contributed by atoms with Gasteiger partial charge in [0.1, 0.15) is 24.1 Å². The Morgan fingerprint density at radius 2 is 2.13 bits per heavy atom. The van der Waals surface area contributed by atoms with E-state index in [1.54, 1.807) is 53.9 Å². The number of fused-ring (bicyclic) bond motifs is 1. The van der Waals surface area contributed by atoms with E-state index in [0.29, 0.717) is 34.9 Å². The van der Waals surface area contributed by atoms with Gasteiger partial charge >= 0.3 is 6.01 Å². The molecule has 7 nitrogen and oxygen atoms in total. The minimum Gasteiger partial charge on any atom is -0.463 e. The zero-order valence-electron chi connectivity index (χ0n) is 16.9. The van der Waals surface area contributed by atoms with Crippen molar-refractivity contribution in [3.05, 3.63) is 66.1 Å². The molecule has 0 bridgehead atoms. The van der Waals surface area contributed by atoms with Crippen molar-refractivity contribution in [2.75, 3.05) is 23.9 Å². The number of nitrogens with one attached hydrogen (secondary N) is 1. The van der Waals surface area contributed by atoms with Crippen molar-refractivity contribution in [2.24, 2.45) is 0 Å². The molecule has 0 aliphatic heterocycles. The van der Waals surface area contributed by atoms with Gasteiger partial charge in [0, 0.05) is 37.3 Å². The zero-order chi connectivity index (χ0) is 21.8. The predicted octanol–water partition coefficient (Wildman–Crippen LogP) is 4.63. The van der Waals surface area contributed by atoms with Crippen LogP contribution in [0.4, 0.5) is 14.6 Å². The molecule has 162 valence electrons. The maximum absolute atomic E-state index is 14.2. The summed E-state index contributed by atoms with van der Waals surface area (Å²) in [6, 6.07) is 6.73. The van der Waals surface area contributed by atoms with E-state index in [-0.39, 0.29) is 7.44 Å². The van der Waals surface area contributed by atoms with Crippen molar-refractivity contribution >= 4 is 23.2 Å². The maximum atomic E-state index is 14.2. The molecule has 0 amide bonds. The first-order chi connectivity index (χ1) is 15.0. The van der Waals surface area contributed by atoms with Crippen LogP contribution in [0.25, 0.3) is 16.9 Å². The van der Waals surface area contributed by atoms with Crippen LogP contribution in [-0.4, -0.2) is 43.2 Å². The molecule has 4 aromatic rings. The van der Waals surface area contributed by atoms with Gasteiger partial charge in [0.2, 0.25) is 0 Å². The number of rotatable bonds is 8. The van der Waals surface area contributed by atoms with E-state index < -0.39 is 17.7 Å². The summed E-state index contributed by atoms with van der Waals surface area (Å²) in [5.74, 6) is -0.0257. The van der Waals surface area contributed by atoms with Gasteiger partial charge in [-0.05, 0) is 25.3 Å². The second-order valence-electron chi connectivity index (χ2n) is 6.74. The van der Waals surface area contributed by atoms with E-state index in [9.17, 15) is 8.78 Å². The fourth-order valence-corrected chi connectivity index (χ4v) is 3.33. The van der Waals surface area contributed by atoms with Crippen molar-refractivity contribution in [2.45, 2.75) is 13.0 Å². The third-order valence-electron chi connectivity index (χ3n) is 4.57. The number of hydrogen-bond donors (Lipinski definition) is 1. The van der Waals surface area contributed by atoms with Gasteiger partial charge in [-0.15, -0.1) is 0 Å². The predicted molar refractivity (Wildman–Crippen MR) is 118 cm³/mol. The molecule has 0 aliphatic carbocycles. The van der Waals surface area contributed by atoms with Crippen LogP contribution in [0.1, 0.15) is 20.0 Å². The lowest BCUT2D eigenvalue weighted by Crippen LogP contribution is -2.12. The molecular formula is C21H22F2N6OS. The number of nitrogens with zero attached hydrogens (tertiary/aromatic N) is 5. The van der Waals surface area contributed by atoms with Gasteiger partial charge < -0.3 is 10.1 Å². The average Bonchev–Trinajstić information content (AvgIpc) is 3.18. The van der Waals surface area contributed by atoms with Crippen LogP contribution in [0.5, 0.6) is 6.01 Å². The van der Waals surface area contributed by atoms with E-state index in [4.69, 9.17) is 4.74 Å². The van der Waals surface area contributed by atoms with E-state index in [1.165, 1.54) is 12.1 Å². The third kappa shape index (κ3) is 4.74. The first-order valence-corrected chi connectivity index (χ1v) is 11.0. The van der Waals surface area contributed by atoms with Crippen LogP contribution in [0.15, 0.2) is 48.9 Å². The number of halogens is 2. The normalized spacial score (nSPS) is 12.1. The van der Waals surface area contributed by atoms with Crippen molar-refractivity contribution in [1.29, 1.82) is 0 Å². The second-order valence-corrected chi connectivity index (χ2v) is 7.73. The Morgan fingerprint density at radius 1 is 1.26 bits per heavy atom. The number of aromatic nitrogens is 5. The lowest BCUT2D eigenvalue weighted by atomic mass is 10.1. The summed E-state index contributed by atoms with van der Waals surface area (Å²) in [5, 5.41) is 7.46. The molecule has 1 atom stereocenters. The van der Waals surface area contributed by atoms with Crippen LogP contribution in [0.3, 0.4) is 0 Å². The molecule has 1 aromatic carbocycles. The molecule has 0 aliphatic rings. The van der Waals surface area contributed by atoms with Crippen LogP contribution in [0.2, 0.25) is 0 Å². The second kappa shape index (κ2) is 9.25. The molecule has 10 heteroatoms. The van der Waals surface area contributed by atoms with Gasteiger partial charge in [-0.2, -0.15) is 26.8 Å². The monoisotopic (exact) mass is 444 g/mol. The van der Waals surface area contributed by atoms with Crippen LogP contribution >= 0.6 is 11.8 Å². The molecule has 0 fully saturated rings. The first kappa shape index (κ1) is 21.0. The van der Waals surface area contributed by atoms with E-state index in [0.717, 1.165) is 11.8 Å². The van der Waals surface area contributed by atoms with Gasteiger partial charge in [0.25, 0.3) is 0 Å². The van der Waals surface area contributed by atoms with Gasteiger partial charge in [-0.3, -0.25) is 0 Å². The fourth-order valence-electron chi connectivity index (χ4n) is 3.08. The fraction of sp³-hybridized carbons (Fsp3) is 0.238. The Morgan fingerprint density at radius 3 is 2.94 bits per heavy atom. The van der Waals surface area contributed by atoms with Gasteiger partial charge in [-0.25, -0.2) is 18.3 Å². The quantitative estimate of drug-likeness (QED) is 0.397. The number of benzene rings is 1. The molecule has 3 heterocycles. The summed E-state index contributed by atoms with van der Waals surface area (Å²) in [6.07, 6.45) is 7.12. The van der Waals surface area contributed by atoms with Crippen LogP contribution < -0.4 is 10.1 Å². The summed E-state index contributed by atoms with van der Waals surface area (Å²) in [7, 11) is 0. The van der Waals surface area contributed by atoms with Crippen molar-refractivity contribution < 1.29 is 14.9 Å². The summed E-state index contributed by atoms with van der Waals surface area (Å²) < 4.78 is 34.8. The Labute approximate surface area is 183 Å². The molecule has 31 heavy (non-hydrogen) atoms. The maximum Gasteiger partial charge on any atom is 0.318 e. The van der Waals surface area contributed by atoms with Crippen LogP contribution in [-0.2, 0) is 0 Å². The standard InChI is InChI=1S/C21H20F2N6OS.H2/c1-13(15-5-4-14(22)10-17(15)23)26-19-11-18(27-21(28-19)30-8-9-31-2)16-12-25-29-7-3-6-24-20(16)29;/h3-7,10-13H,8-9H2,1-2H3,(H,26,27,28);1H/t13-;/m0./s1. The topological polar surface area (TPSA) is 77.2 Å². The molecular weight excluding hydrogens is 422 g/mol. The van der Waals surface area contributed by atoms with Crippen LogP contribution in [0, 0.1) is 11.6 Å². The minimum atomic E-state index is -0.627. The van der Waals surface area contributed by atoms with E-state index in [2.05, 4.69) is 25.4 Å². The largest absolute Gasteiger partial charge is 0.463 e. The van der Waals surface area contributed by atoms with Gasteiger partial charge in [-0.1, -0.05) is 6.07 Å². The lowest BCUT2D eigenvalue weighted by Gasteiger charge is -2.17. The Kier molecular flexibility index (Phi) is 6.26. The minimum absolute atomic E-state index is 0. The molecule has 0 unspecified atom stereocenters. The zero-order valence-corrected chi connectivity index (χ0v) is 17.7. The summed E-state index contributed by atoms with van der Waals surface area (Å²) in [5.41, 5.74) is 2.24. The van der Waals surface area contributed by atoms with Crippen molar-refractivity contribution in [1.82, 2.24) is 24.6 Å². The van der Waals surface area contributed by atoms with E-state index in [1.807, 2.05) is 6.26 Å². The highest BCUT2D eigenvalue weighted by molar-refractivity contribution is 7.98. The molecule has 0 saturated carbocycles. The Hall–Kier alpha value is -3.27. The number of ether oxygens (including phenoxy) is 1. The van der Waals surface area contributed by atoms with Crippen molar-refractivity contribution in [3.63, 3.8) is 0 Å².